The van der Waals surface area contributed by atoms with Crippen LogP contribution in [0.2, 0.25) is 19.6 Å². The van der Waals surface area contributed by atoms with E-state index in [0.29, 0.717) is 0 Å². The second kappa shape index (κ2) is 10.1. The standard InChI is InChI=1S/C28H24SSi/c1-29-28-19-17-26(18-20-28)12-11-24-7-5-23(6-8-24)9-10-25-13-15-27(16-14-25)21-22-30(2,3)4/h5-8,13-20H,1-4H3. The fourth-order valence-corrected chi connectivity index (χ4v) is 3.42. The highest BCUT2D eigenvalue weighted by molar-refractivity contribution is 7.98. The molecule has 0 aliphatic carbocycles. The van der Waals surface area contributed by atoms with Crippen LogP contribution in [0, 0.1) is 35.1 Å². The van der Waals surface area contributed by atoms with Crippen LogP contribution in [0.5, 0.6) is 0 Å². The Hall–Kier alpha value is -3.09. The van der Waals surface area contributed by atoms with Crippen LogP contribution in [-0.4, -0.2) is 14.3 Å². The average molecular weight is 421 g/mol. The summed E-state index contributed by atoms with van der Waals surface area (Å²) in [6.07, 6.45) is 2.07. The molecule has 0 saturated heterocycles. The number of hydrogen-bond acceptors (Lipinski definition) is 1. The summed E-state index contributed by atoms with van der Waals surface area (Å²) in [4.78, 5) is 1.25. The van der Waals surface area contributed by atoms with Crippen LogP contribution in [0.15, 0.2) is 77.7 Å². The van der Waals surface area contributed by atoms with E-state index >= 15 is 0 Å². The molecule has 0 heterocycles. The molecule has 146 valence electrons. The molecule has 0 N–H and O–H groups in total. The average Bonchev–Trinajstić information content (AvgIpc) is 2.76. The van der Waals surface area contributed by atoms with Crippen molar-refractivity contribution in [1.29, 1.82) is 0 Å². The van der Waals surface area contributed by atoms with E-state index in [0.717, 1.165) is 27.8 Å². The maximum absolute atomic E-state index is 3.39. The summed E-state index contributed by atoms with van der Waals surface area (Å²) in [6.45, 7) is 6.75. The SMILES string of the molecule is CSc1ccc(C#Cc2ccc(C#Cc3ccc(C#C[Si](C)(C)C)cc3)cc2)cc1. The smallest absolute Gasteiger partial charge is 0.129 e. The summed E-state index contributed by atoms with van der Waals surface area (Å²) in [5.41, 5.74) is 8.42. The van der Waals surface area contributed by atoms with Crippen LogP contribution in [-0.2, 0) is 0 Å². The zero-order valence-corrected chi connectivity index (χ0v) is 19.7. The molecular weight excluding hydrogens is 396 g/mol. The van der Waals surface area contributed by atoms with E-state index < -0.39 is 8.07 Å². The van der Waals surface area contributed by atoms with Gasteiger partial charge in [-0.1, -0.05) is 49.2 Å². The van der Waals surface area contributed by atoms with E-state index in [4.69, 9.17) is 0 Å². The van der Waals surface area contributed by atoms with E-state index in [1.54, 1.807) is 11.8 Å². The van der Waals surface area contributed by atoms with Gasteiger partial charge in [0.2, 0.25) is 0 Å². The van der Waals surface area contributed by atoms with Gasteiger partial charge in [-0.3, -0.25) is 0 Å². The van der Waals surface area contributed by atoms with Crippen molar-refractivity contribution in [2.45, 2.75) is 24.5 Å². The zero-order chi connectivity index (χ0) is 21.4. The Bertz CT molecular complexity index is 1180. The second-order valence-corrected chi connectivity index (χ2v) is 13.5. The molecule has 3 rings (SSSR count). The molecule has 0 aromatic heterocycles. The van der Waals surface area contributed by atoms with Gasteiger partial charge in [-0.15, -0.1) is 17.3 Å². The summed E-state index contributed by atoms with van der Waals surface area (Å²) >= 11 is 1.73. The molecule has 2 heteroatoms. The number of hydrogen-bond donors (Lipinski definition) is 0. The van der Waals surface area contributed by atoms with Crippen LogP contribution in [0.4, 0.5) is 0 Å². The molecule has 0 atom stereocenters. The lowest BCUT2D eigenvalue weighted by molar-refractivity contribution is 1.45. The molecule has 0 aliphatic rings. The second-order valence-electron chi connectivity index (χ2n) is 7.88. The van der Waals surface area contributed by atoms with Gasteiger partial charge < -0.3 is 0 Å². The molecule has 0 nitrogen and oxygen atoms in total. The Morgan fingerprint density at radius 1 is 0.500 bits per heavy atom. The maximum Gasteiger partial charge on any atom is 0.129 e. The third kappa shape index (κ3) is 7.06. The first-order valence-corrected chi connectivity index (χ1v) is 14.6. The van der Waals surface area contributed by atoms with Crippen molar-refractivity contribution in [2.75, 3.05) is 6.26 Å². The minimum absolute atomic E-state index is 0.979. The van der Waals surface area contributed by atoms with Crippen molar-refractivity contribution >= 4 is 19.8 Å². The van der Waals surface area contributed by atoms with Crippen LogP contribution >= 0.6 is 11.8 Å². The first kappa shape index (κ1) is 21.6. The highest BCUT2D eigenvalue weighted by Gasteiger charge is 2.07. The summed E-state index contributed by atoms with van der Waals surface area (Å²) in [6, 6.07) is 24.5. The highest BCUT2D eigenvalue weighted by Crippen LogP contribution is 2.14. The van der Waals surface area contributed by atoms with Gasteiger partial charge in [0.25, 0.3) is 0 Å². The minimum atomic E-state index is -1.35. The van der Waals surface area contributed by atoms with E-state index in [1.165, 1.54) is 4.90 Å². The first-order chi connectivity index (χ1) is 14.4. The van der Waals surface area contributed by atoms with E-state index in [2.05, 4.69) is 85.3 Å². The monoisotopic (exact) mass is 420 g/mol. The quantitative estimate of drug-likeness (QED) is 0.248. The summed E-state index contributed by atoms with van der Waals surface area (Å²) < 4.78 is 0. The van der Waals surface area contributed by atoms with Crippen molar-refractivity contribution in [2.24, 2.45) is 0 Å². The molecule has 3 aromatic carbocycles. The Kier molecular flexibility index (Phi) is 7.27. The van der Waals surface area contributed by atoms with E-state index in [9.17, 15) is 0 Å². The van der Waals surface area contributed by atoms with Gasteiger partial charge in [-0.2, -0.15) is 0 Å². The normalized spacial score (nSPS) is 10.0. The van der Waals surface area contributed by atoms with Gasteiger partial charge in [-0.05, 0) is 79.1 Å². The fraction of sp³-hybridized carbons (Fsp3) is 0.143. The number of rotatable bonds is 1. The maximum atomic E-state index is 3.39. The van der Waals surface area contributed by atoms with Crippen molar-refractivity contribution in [1.82, 2.24) is 0 Å². The van der Waals surface area contributed by atoms with Gasteiger partial charge in [0.1, 0.15) is 8.07 Å². The molecule has 0 aliphatic heterocycles. The van der Waals surface area contributed by atoms with Crippen LogP contribution in [0.3, 0.4) is 0 Å². The number of benzene rings is 3. The predicted molar refractivity (Wildman–Crippen MR) is 133 cm³/mol. The van der Waals surface area contributed by atoms with Crippen molar-refractivity contribution in [3.05, 3.63) is 101 Å². The third-order valence-electron chi connectivity index (χ3n) is 4.14. The molecule has 0 unspecified atom stereocenters. The highest BCUT2D eigenvalue weighted by atomic mass is 32.2. The van der Waals surface area contributed by atoms with Crippen LogP contribution in [0.1, 0.15) is 27.8 Å². The molecule has 0 radical (unpaired) electrons. The van der Waals surface area contributed by atoms with E-state index in [-0.39, 0.29) is 0 Å². The Morgan fingerprint density at radius 2 is 0.800 bits per heavy atom. The van der Waals surface area contributed by atoms with Gasteiger partial charge in [0.15, 0.2) is 0 Å². The van der Waals surface area contributed by atoms with E-state index in [1.807, 2.05) is 48.5 Å². The molecule has 0 fully saturated rings. The Balaban J connectivity index is 1.66. The molecule has 0 amide bonds. The topological polar surface area (TPSA) is 0 Å². The molecule has 30 heavy (non-hydrogen) atoms. The van der Waals surface area contributed by atoms with Crippen LogP contribution in [0.25, 0.3) is 0 Å². The third-order valence-corrected chi connectivity index (χ3v) is 5.76. The lowest BCUT2D eigenvalue weighted by Gasteiger charge is -2.03. The summed E-state index contributed by atoms with van der Waals surface area (Å²) in [7, 11) is -1.35. The fourth-order valence-electron chi connectivity index (χ4n) is 2.50. The lowest BCUT2D eigenvalue weighted by atomic mass is 10.1. The Labute approximate surface area is 186 Å². The van der Waals surface area contributed by atoms with Crippen molar-refractivity contribution in [3.8, 4) is 35.1 Å². The summed E-state index contributed by atoms with van der Waals surface area (Å²) in [5.74, 6) is 16.1. The first-order valence-electron chi connectivity index (χ1n) is 9.83. The van der Waals surface area contributed by atoms with Crippen molar-refractivity contribution in [3.63, 3.8) is 0 Å². The van der Waals surface area contributed by atoms with Gasteiger partial charge in [-0.25, -0.2) is 0 Å². The molecule has 3 aromatic rings. The van der Waals surface area contributed by atoms with Gasteiger partial charge >= 0.3 is 0 Å². The largest absolute Gasteiger partial charge is 0.130 e. The Morgan fingerprint density at radius 3 is 1.10 bits per heavy atom. The molecule has 0 spiro atoms. The minimum Gasteiger partial charge on any atom is -0.130 e. The van der Waals surface area contributed by atoms with Crippen LogP contribution < -0.4 is 0 Å². The van der Waals surface area contributed by atoms with Crippen molar-refractivity contribution < 1.29 is 0 Å². The molecule has 0 bridgehead atoms. The predicted octanol–water partition coefficient (Wildman–Crippen LogP) is 6.44. The number of thioether (sulfide) groups is 1. The van der Waals surface area contributed by atoms with Gasteiger partial charge in [0, 0.05) is 32.7 Å². The summed E-state index contributed by atoms with van der Waals surface area (Å²) in [5, 5.41) is 0. The lowest BCUT2D eigenvalue weighted by Crippen LogP contribution is -2.16. The molecule has 0 saturated carbocycles. The van der Waals surface area contributed by atoms with Gasteiger partial charge in [0.05, 0.1) is 0 Å². The zero-order valence-electron chi connectivity index (χ0n) is 17.8. The molecular formula is C28H24SSi.